The fraction of sp³-hybridized carbons (Fsp3) is 0.235. The van der Waals surface area contributed by atoms with Gasteiger partial charge in [-0.15, -0.1) is 0 Å². The SMILES string of the molecule is COc1ccc(CCC(=O)c2cc(Br)ccc2C)cc1. The number of ketones is 1. The number of benzene rings is 2. The van der Waals surface area contributed by atoms with Gasteiger partial charge >= 0.3 is 0 Å². The zero-order chi connectivity index (χ0) is 14.5. The van der Waals surface area contributed by atoms with E-state index in [1.54, 1.807) is 7.11 Å². The first-order valence-corrected chi connectivity index (χ1v) is 7.31. The van der Waals surface area contributed by atoms with Crippen LogP contribution < -0.4 is 4.74 Å². The third-order valence-electron chi connectivity index (χ3n) is 3.30. The molecule has 0 spiro atoms. The summed E-state index contributed by atoms with van der Waals surface area (Å²) in [6.07, 6.45) is 1.26. The van der Waals surface area contributed by atoms with Gasteiger partial charge in [0.15, 0.2) is 5.78 Å². The minimum Gasteiger partial charge on any atom is -0.497 e. The van der Waals surface area contributed by atoms with Crippen molar-refractivity contribution in [3.05, 3.63) is 63.6 Å². The number of rotatable bonds is 5. The highest BCUT2D eigenvalue weighted by Crippen LogP contribution is 2.19. The van der Waals surface area contributed by atoms with E-state index in [1.165, 1.54) is 0 Å². The van der Waals surface area contributed by atoms with Crippen LogP contribution in [-0.4, -0.2) is 12.9 Å². The lowest BCUT2D eigenvalue weighted by Gasteiger charge is -2.06. The van der Waals surface area contributed by atoms with E-state index in [0.717, 1.165) is 33.3 Å². The zero-order valence-corrected chi connectivity index (χ0v) is 13.2. The van der Waals surface area contributed by atoms with E-state index in [0.29, 0.717) is 6.42 Å². The Balaban J connectivity index is 2.02. The standard InChI is InChI=1S/C17H17BrO2/c1-12-3-7-14(18)11-16(12)17(19)10-6-13-4-8-15(20-2)9-5-13/h3-5,7-9,11H,6,10H2,1-2H3. The summed E-state index contributed by atoms with van der Waals surface area (Å²) in [7, 11) is 1.65. The predicted molar refractivity (Wildman–Crippen MR) is 84.5 cm³/mol. The van der Waals surface area contributed by atoms with E-state index in [9.17, 15) is 4.79 Å². The van der Waals surface area contributed by atoms with Crippen LogP contribution in [0.1, 0.15) is 27.9 Å². The largest absolute Gasteiger partial charge is 0.497 e. The predicted octanol–water partition coefficient (Wildman–Crippen LogP) is 4.58. The molecule has 0 unspecified atom stereocenters. The molecule has 0 heterocycles. The number of hydrogen-bond acceptors (Lipinski definition) is 2. The summed E-state index contributed by atoms with van der Waals surface area (Å²) in [4.78, 5) is 12.3. The normalized spacial score (nSPS) is 10.3. The van der Waals surface area contributed by atoms with Crippen molar-refractivity contribution < 1.29 is 9.53 Å². The molecule has 0 radical (unpaired) electrons. The number of carbonyl (C=O) groups excluding carboxylic acids is 1. The molecule has 0 aliphatic rings. The topological polar surface area (TPSA) is 26.3 Å². The van der Waals surface area contributed by atoms with Crippen LogP contribution in [0, 0.1) is 6.92 Å². The molecule has 20 heavy (non-hydrogen) atoms. The highest BCUT2D eigenvalue weighted by atomic mass is 79.9. The third-order valence-corrected chi connectivity index (χ3v) is 3.79. The summed E-state index contributed by atoms with van der Waals surface area (Å²) < 4.78 is 6.06. The lowest BCUT2D eigenvalue weighted by molar-refractivity contribution is 0.0982. The summed E-state index contributed by atoms with van der Waals surface area (Å²) in [6.45, 7) is 1.97. The number of carbonyl (C=O) groups is 1. The van der Waals surface area contributed by atoms with Crippen LogP contribution in [0.4, 0.5) is 0 Å². The first-order valence-electron chi connectivity index (χ1n) is 6.52. The summed E-state index contributed by atoms with van der Waals surface area (Å²) >= 11 is 3.41. The molecule has 0 saturated carbocycles. The third kappa shape index (κ3) is 3.70. The van der Waals surface area contributed by atoms with Gasteiger partial charge in [-0.1, -0.05) is 34.1 Å². The van der Waals surface area contributed by atoms with Gasteiger partial charge in [0.1, 0.15) is 5.75 Å². The van der Waals surface area contributed by atoms with Crippen molar-refractivity contribution in [2.45, 2.75) is 19.8 Å². The first kappa shape index (κ1) is 14.8. The number of ether oxygens (including phenoxy) is 1. The fourth-order valence-corrected chi connectivity index (χ4v) is 2.44. The number of aryl methyl sites for hydroxylation is 2. The van der Waals surface area contributed by atoms with Crippen LogP contribution in [0.2, 0.25) is 0 Å². The highest BCUT2D eigenvalue weighted by molar-refractivity contribution is 9.10. The van der Waals surface area contributed by atoms with Crippen molar-refractivity contribution in [2.24, 2.45) is 0 Å². The van der Waals surface area contributed by atoms with Crippen LogP contribution >= 0.6 is 15.9 Å². The molecule has 0 atom stereocenters. The molecule has 0 aromatic heterocycles. The maximum absolute atomic E-state index is 12.3. The molecule has 0 bridgehead atoms. The molecule has 0 amide bonds. The van der Waals surface area contributed by atoms with E-state index < -0.39 is 0 Å². The van der Waals surface area contributed by atoms with Crippen LogP contribution in [0.3, 0.4) is 0 Å². The minimum absolute atomic E-state index is 0.180. The van der Waals surface area contributed by atoms with Gasteiger partial charge in [-0.05, 0) is 48.7 Å². The Labute approximate surface area is 127 Å². The van der Waals surface area contributed by atoms with Gasteiger partial charge in [-0.2, -0.15) is 0 Å². The summed E-state index contributed by atoms with van der Waals surface area (Å²) in [5, 5.41) is 0. The molecular formula is C17H17BrO2. The van der Waals surface area contributed by atoms with Gasteiger partial charge in [0.2, 0.25) is 0 Å². The molecule has 2 aromatic carbocycles. The highest BCUT2D eigenvalue weighted by Gasteiger charge is 2.09. The van der Waals surface area contributed by atoms with E-state index in [1.807, 2.05) is 49.4 Å². The Morgan fingerprint density at radius 3 is 2.50 bits per heavy atom. The minimum atomic E-state index is 0.180. The van der Waals surface area contributed by atoms with Crippen molar-refractivity contribution in [1.29, 1.82) is 0 Å². The second kappa shape index (κ2) is 6.71. The molecule has 3 heteroatoms. The van der Waals surface area contributed by atoms with Gasteiger partial charge in [0, 0.05) is 16.5 Å². The molecule has 2 nitrogen and oxygen atoms in total. The number of hydrogen-bond donors (Lipinski definition) is 0. The maximum atomic E-state index is 12.3. The molecule has 0 fully saturated rings. The molecular weight excluding hydrogens is 316 g/mol. The lowest BCUT2D eigenvalue weighted by atomic mass is 9.99. The Bertz CT molecular complexity index is 603. The molecule has 2 rings (SSSR count). The molecule has 0 saturated heterocycles. The average molecular weight is 333 g/mol. The van der Waals surface area contributed by atoms with Crippen LogP contribution in [0.25, 0.3) is 0 Å². The molecule has 0 aliphatic carbocycles. The van der Waals surface area contributed by atoms with Crippen molar-refractivity contribution in [1.82, 2.24) is 0 Å². The Morgan fingerprint density at radius 1 is 1.15 bits per heavy atom. The van der Waals surface area contributed by atoms with Crippen LogP contribution in [-0.2, 0) is 6.42 Å². The van der Waals surface area contributed by atoms with Crippen molar-refractivity contribution in [3.8, 4) is 5.75 Å². The Hall–Kier alpha value is -1.61. The second-order valence-electron chi connectivity index (χ2n) is 4.73. The van der Waals surface area contributed by atoms with E-state index >= 15 is 0 Å². The van der Waals surface area contributed by atoms with Crippen molar-refractivity contribution in [3.63, 3.8) is 0 Å². The molecule has 0 N–H and O–H groups in total. The van der Waals surface area contributed by atoms with Crippen LogP contribution in [0.5, 0.6) is 5.75 Å². The van der Waals surface area contributed by atoms with Crippen LogP contribution in [0.15, 0.2) is 46.9 Å². The van der Waals surface area contributed by atoms with Crippen molar-refractivity contribution in [2.75, 3.05) is 7.11 Å². The Morgan fingerprint density at radius 2 is 1.85 bits per heavy atom. The molecule has 0 aliphatic heterocycles. The Kier molecular flexibility index (Phi) is 4.96. The monoisotopic (exact) mass is 332 g/mol. The van der Waals surface area contributed by atoms with Gasteiger partial charge in [0.05, 0.1) is 7.11 Å². The summed E-state index contributed by atoms with van der Waals surface area (Å²) in [5.41, 5.74) is 2.97. The first-order chi connectivity index (χ1) is 9.60. The molecule has 104 valence electrons. The lowest BCUT2D eigenvalue weighted by Crippen LogP contribution is -2.03. The van der Waals surface area contributed by atoms with Gasteiger partial charge in [-0.3, -0.25) is 4.79 Å². The van der Waals surface area contributed by atoms with Gasteiger partial charge < -0.3 is 4.74 Å². The van der Waals surface area contributed by atoms with Gasteiger partial charge in [0.25, 0.3) is 0 Å². The zero-order valence-electron chi connectivity index (χ0n) is 11.7. The van der Waals surface area contributed by atoms with E-state index in [-0.39, 0.29) is 5.78 Å². The molecule has 2 aromatic rings. The fourth-order valence-electron chi connectivity index (χ4n) is 2.08. The van der Waals surface area contributed by atoms with Gasteiger partial charge in [-0.25, -0.2) is 0 Å². The van der Waals surface area contributed by atoms with Crippen molar-refractivity contribution >= 4 is 21.7 Å². The summed E-state index contributed by atoms with van der Waals surface area (Å²) in [5.74, 6) is 1.02. The number of methoxy groups -OCH3 is 1. The average Bonchev–Trinajstić information content (AvgIpc) is 2.47. The number of halogens is 1. The quantitative estimate of drug-likeness (QED) is 0.749. The van der Waals surface area contributed by atoms with E-state index in [2.05, 4.69) is 15.9 Å². The van der Waals surface area contributed by atoms with E-state index in [4.69, 9.17) is 4.74 Å². The summed E-state index contributed by atoms with van der Waals surface area (Å²) in [6, 6.07) is 13.7. The maximum Gasteiger partial charge on any atom is 0.163 e. The second-order valence-corrected chi connectivity index (χ2v) is 5.65. The smallest absolute Gasteiger partial charge is 0.163 e. The number of Topliss-reactive ketones (excluding diaryl/α,β-unsaturated/α-hetero) is 1.